The van der Waals surface area contributed by atoms with E-state index in [1.165, 1.54) is 0 Å². The van der Waals surface area contributed by atoms with Crippen LogP contribution in [-0.4, -0.2) is 17.1 Å². The molecule has 2 unspecified atom stereocenters. The molecule has 2 atom stereocenters. The first-order valence-corrected chi connectivity index (χ1v) is 6.31. The maximum absolute atomic E-state index is 13.9. The molecule has 2 rings (SSSR count). The van der Waals surface area contributed by atoms with E-state index < -0.39 is 12.0 Å². The molecule has 3 nitrogen and oxygen atoms in total. The summed E-state index contributed by atoms with van der Waals surface area (Å²) in [5.74, 6) is -1.18. The van der Waals surface area contributed by atoms with Crippen LogP contribution in [0, 0.1) is 5.82 Å². The smallest absolute Gasteiger partial charge is 0.320 e. The van der Waals surface area contributed by atoms with Gasteiger partial charge in [-0.25, -0.2) is 4.39 Å². The van der Waals surface area contributed by atoms with Crippen LogP contribution in [0.2, 0.25) is 0 Å². The lowest BCUT2D eigenvalue weighted by Crippen LogP contribution is -2.42. The highest BCUT2D eigenvalue weighted by molar-refractivity contribution is 9.10. The molecule has 1 aliphatic heterocycles. The minimum Gasteiger partial charge on any atom is -0.480 e. The van der Waals surface area contributed by atoms with Crippen molar-refractivity contribution in [3.63, 3.8) is 0 Å². The second-order valence-corrected chi connectivity index (χ2v) is 5.04. The molecule has 0 aromatic heterocycles. The Kier molecular flexibility index (Phi) is 3.79. The lowest BCUT2D eigenvalue weighted by atomic mass is 9.93. The summed E-state index contributed by atoms with van der Waals surface area (Å²) in [4.78, 5) is 10.9. The monoisotopic (exact) mass is 301 g/mol. The Balaban J connectivity index is 2.22. The van der Waals surface area contributed by atoms with Gasteiger partial charge in [0, 0.05) is 11.6 Å². The van der Waals surface area contributed by atoms with Crippen molar-refractivity contribution in [2.75, 3.05) is 0 Å². The minimum atomic E-state index is -0.870. The maximum Gasteiger partial charge on any atom is 0.320 e. The zero-order valence-electron chi connectivity index (χ0n) is 9.12. The van der Waals surface area contributed by atoms with Crippen molar-refractivity contribution in [3.05, 3.63) is 34.1 Å². The van der Waals surface area contributed by atoms with Crippen LogP contribution in [0.1, 0.15) is 30.9 Å². The van der Waals surface area contributed by atoms with Gasteiger partial charge in [-0.1, -0.05) is 12.1 Å². The first-order valence-electron chi connectivity index (χ1n) is 5.52. The average Bonchev–Trinajstić information content (AvgIpc) is 2.33. The number of aliphatic carboxylic acids is 1. The number of piperidine rings is 1. The molecule has 0 saturated carbocycles. The largest absolute Gasteiger partial charge is 0.480 e. The van der Waals surface area contributed by atoms with Gasteiger partial charge in [0.1, 0.15) is 11.9 Å². The fourth-order valence-corrected chi connectivity index (χ4v) is 2.55. The average molecular weight is 302 g/mol. The van der Waals surface area contributed by atoms with Crippen LogP contribution >= 0.6 is 15.9 Å². The molecule has 92 valence electrons. The number of benzene rings is 1. The summed E-state index contributed by atoms with van der Waals surface area (Å²) in [5, 5.41) is 11.9. The van der Waals surface area contributed by atoms with E-state index in [9.17, 15) is 9.18 Å². The molecule has 1 aromatic rings. The molecule has 1 aliphatic rings. The Morgan fingerprint density at radius 3 is 2.94 bits per heavy atom. The molecule has 1 heterocycles. The van der Waals surface area contributed by atoms with Crippen LogP contribution in [-0.2, 0) is 4.79 Å². The molecule has 0 amide bonds. The Bertz CT molecular complexity index is 439. The van der Waals surface area contributed by atoms with Gasteiger partial charge in [0.15, 0.2) is 0 Å². The van der Waals surface area contributed by atoms with E-state index in [4.69, 9.17) is 5.11 Å². The lowest BCUT2D eigenvalue weighted by Gasteiger charge is -2.29. The topological polar surface area (TPSA) is 49.3 Å². The Hall–Kier alpha value is -0.940. The molecular weight excluding hydrogens is 289 g/mol. The van der Waals surface area contributed by atoms with E-state index in [-0.39, 0.29) is 11.9 Å². The van der Waals surface area contributed by atoms with Crippen molar-refractivity contribution in [1.29, 1.82) is 0 Å². The van der Waals surface area contributed by atoms with Gasteiger partial charge in [-0.2, -0.15) is 0 Å². The quantitative estimate of drug-likeness (QED) is 0.883. The standard InChI is InChI=1S/C12H13BrFNO2/c13-8-4-1-3-7(11(8)14)9-5-2-6-10(15-9)12(16)17/h1,3-4,9-10,15H,2,5-6H2,(H,16,17). The minimum absolute atomic E-state index is 0.220. The third-order valence-corrected chi connectivity index (χ3v) is 3.66. The number of hydrogen-bond donors (Lipinski definition) is 2. The third kappa shape index (κ3) is 2.66. The summed E-state index contributed by atoms with van der Waals surface area (Å²) < 4.78 is 14.3. The maximum atomic E-state index is 13.9. The predicted octanol–water partition coefficient (Wildman–Crippen LogP) is 2.86. The number of rotatable bonds is 2. The van der Waals surface area contributed by atoms with Crippen molar-refractivity contribution in [2.45, 2.75) is 31.3 Å². The van der Waals surface area contributed by atoms with Gasteiger partial charge in [0.25, 0.3) is 0 Å². The van der Waals surface area contributed by atoms with Crippen LogP contribution in [0.3, 0.4) is 0 Å². The van der Waals surface area contributed by atoms with Crippen molar-refractivity contribution in [1.82, 2.24) is 5.32 Å². The summed E-state index contributed by atoms with van der Waals surface area (Å²) >= 11 is 3.14. The second kappa shape index (κ2) is 5.14. The van der Waals surface area contributed by atoms with Gasteiger partial charge in [-0.05, 0) is 41.3 Å². The van der Waals surface area contributed by atoms with Gasteiger partial charge in [-0.3, -0.25) is 10.1 Å². The van der Waals surface area contributed by atoms with Crippen LogP contribution in [0.5, 0.6) is 0 Å². The van der Waals surface area contributed by atoms with E-state index in [1.807, 2.05) is 0 Å². The van der Waals surface area contributed by atoms with Gasteiger partial charge in [0.2, 0.25) is 0 Å². The number of halogens is 2. The zero-order valence-corrected chi connectivity index (χ0v) is 10.7. The van der Waals surface area contributed by atoms with E-state index in [2.05, 4.69) is 21.2 Å². The van der Waals surface area contributed by atoms with E-state index in [0.29, 0.717) is 16.5 Å². The number of hydrogen-bond acceptors (Lipinski definition) is 2. The van der Waals surface area contributed by atoms with E-state index in [0.717, 1.165) is 12.8 Å². The molecular formula is C12H13BrFNO2. The predicted molar refractivity (Wildman–Crippen MR) is 65.3 cm³/mol. The van der Waals surface area contributed by atoms with Crippen molar-refractivity contribution in [2.24, 2.45) is 0 Å². The molecule has 0 spiro atoms. The fourth-order valence-electron chi connectivity index (χ4n) is 2.17. The van der Waals surface area contributed by atoms with E-state index >= 15 is 0 Å². The Labute approximate surface area is 107 Å². The molecule has 0 radical (unpaired) electrons. The number of carboxylic acids is 1. The van der Waals surface area contributed by atoms with Crippen LogP contribution in [0.4, 0.5) is 4.39 Å². The van der Waals surface area contributed by atoms with Crippen molar-refractivity contribution in [3.8, 4) is 0 Å². The summed E-state index contributed by atoms with van der Waals surface area (Å²) in [5.41, 5.74) is 0.533. The Morgan fingerprint density at radius 1 is 1.47 bits per heavy atom. The summed E-state index contributed by atoms with van der Waals surface area (Å²) in [7, 11) is 0. The number of carboxylic acid groups (broad SMARTS) is 1. The highest BCUT2D eigenvalue weighted by Crippen LogP contribution is 2.30. The van der Waals surface area contributed by atoms with Crippen molar-refractivity contribution < 1.29 is 14.3 Å². The molecule has 1 aromatic carbocycles. The van der Waals surface area contributed by atoms with Gasteiger partial charge >= 0.3 is 5.97 Å². The van der Waals surface area contributed by atoms with Crippen LogP contribution in [0.15, 0.2) is 22.7 Å². The van der Waals surface area contributed by atoms with Gasteiger partial charge < -0.3 is 5.11 Å². The SMILES string of the molecule is O=C(O)C1CCCC(c2cccc(Br)c2F)N1. The second-order valence-electron chi connectivity index (χ2n) is 4.18. The highest BCUT2D eigenvalue weighted by Gasteiger charge is 2.28. The first-order chi connectivity index (χ1) is 8.09. The normalized spacial score (nSPS) is 24.6. The molecule has 5 heteroatoms. The van der Waals surface area contributed by atoms with E-state index in [1.54, 1.807) is 18.2 Å². The fraction of sp³-hybridized carbons (Fsp3) is 0.417. The van der Waals surface area contributed by atoms with Crippen molar-refractivity contribution >= 4 is 21.9 Å². The number of nitrogens with one attached hydrogen (secondary N) is 1. The highest BCUT2D eigenvalue weighted by atomic mass is 79.9. The molecule has 2 N–H and O–H groups in total. The molecule has 0 aliphatic carbocycles. The van der Waals surface area contributed by atoms with Gasteiger partial charge in [0.05, 0.1) is 4.47 Å². The first kappa shape index (κ1) is 12.5. The Morgan fingerprint density at radius 2 is 2.24 bits per heavy atom. The zero-order chi connectivity index (χ0) is 12.4. The number of carbonyl (C=O) groups is 1. The van der Waals surface area contributed by atoms with Crippen LogP contribution < -0.4 is 5.32 Å². The molecule has 17 heavy (non-hydrogen) atoms. The summed E-state index contributed by atoms with van der Waals surface area (Å²) in [6, 6.07) is 4.29. The molecule has 0 bridgehead atoms. The summed E-state index contributed by atoms with van der Waals surface area (Å²) in [6.45, 7) is 0. The van der Waals surface area contributed by atoms with Gasteiger partial charge in [-0.15, -0.1) is 0 Å². The lowest BCUT2D eigenvalue weighted by molar-refractivity contribution is -0.140. The third-order valence-electron chi connectivity index (χ3n) is 3.04. The van der Waals surface area contributed by atoms with Crippen LogP contribution in [0.25, 0.3) is 0 Å². The molecule has 1 saturated heterocycles. The molecule has 1 fully saturated rings. The summed E-state index contributed by atoms with van der Waals surface area (Å²) in [6.07, 6.45) is 2.15.